The van der Waals surface area contributed by atoms with Crippen molar-refractivity contribution in [2.24, 2.45) is 28.1 Å². The van der Waals surface area contributed by atoms with Gasteiger partial charge in [0.25, 0.3) is 5.91 Å². The molecular formula is C42H53FN8O6. The van der Waals surface area contributed by atoms with Gasteiger partial charge in [-0.05, 0) is 72.9 Å². The Labute approximate surface area is 332 Å². The number of nitrogens with two attached hydrogens (primary N) is 3. The summed E-state index contributed by atoms with van der Waals surface area (Å²) in [7, 11) is 0. The second-order valence-corrected chi connectivity index (χ2v) is 14.0. The molecule has 9 N–H and O–H groups in total. The van der Waals surface area contributed by atoms with Gasteiger partial charge in [-0.2, -0.15) is 0 Å². The summed E-state index contributed by atoms with van der Waals surface area (Å²) in [5.74, 6) is -5.24. The molecule has 3 aromatic carbocycles. The van der Waals surface area contributed by atoms with Crippen LogP contribution in [0.4, 0.5) is 4.39 Å². The van der Waals surface area contributed by atoms with E-state index in [1.54, 1.807) is 24.3 Å². The Hall–Kier alpha value is -6.38. The Morgan fingerprint density at radius 1 is 0.737 bits per heavy atom. The molecule has 304 valence electrons. The van der Waals surface area contributed by atoms with Crippen molar-refractivity contribution in [3.8, 4) is 0 Å². The molecule has 0 heterocycles. The van der Waals surface area contributed by atoms with Crippen LogP contribution in [0.15, 0.2) is 96.0 Å². The second kappa shape index (κ2) is 22.9. The Morgan fingerprint density at radius 3 is 1.89 bits per heavy atom. The van der Waals surface area contributed by atoms with Crippen LogP contribution in [-0.4, -0.2) is 77.0 Å². The van der Waals surface area contributed by atoms with Crippen molar-refractivity contribution < 1.29 is 33.2 Å². The maximum Gasteiger partial charge on any atom is 0.253 e. The SMILES string of the molecule is CC(=O)N(C(=O)/C=C/c1ccccc1)[C@@H](Cc1ccc(F)cc1)C(=O)N[C@H](CCc1ccccc1)C(=O)N[C@@H](CC(C)C)C(=O)N[C@@H](CCCN=C(N)N)C(N)=O. The summed E-state index contributed by atoms with van der Waals surface area (Å²) in [4.78, 5) is 85.9. The molecule has 0 radical (unpaired) electrons. The number of primary amides is 1. The summed E-state index contributed by atoms with van der Waals surface area (Å²) >= 11 is 0. The van der Waals surface area contributed by atoms with Crippen molar-refractivity contribution >= 4 is 47.5 Å². The lowest BCUT2D eigenvalue weighted by Crippen LogP contribution is -2.59. The molecule has 0 aromatic heterocycles. The third-order valence-corrected chi connectivity index (χ3v) is 8.89. The van der Waals surface area contributed by atoms with Gasteiger partial charge >= 0.3 is 0 Å². The lowest BCUT2D eigenvalue weighted by molar-refractivity contribution is -0.148. The molecule has 0 saturated heterocycles. The van der Waals surface area contributed by atoms with Crippen molar-refractivity contribution in [1.29, 1.82) is 0 Å². The number of hydrogen-bond acceptors (Lipinski definition) is 7. The van der Waals surface area contributed by atoms with Gasteiger partial charge in [-0.3, -0.25) is 38.7 Å². The van der Waals surface area contributed by atoms with Crippen LogP contribution in [-0.2, 0) is 41.6 Å². The molecule has 0 aliphatic rings. The molecule has 3 aromatic rings. The largest absolute Gasteiger partial charge is 0.370 e. The third-order valence-electron chi connectivity index (χ3n) is 8.89. The van der Waals surface area contributed by atoms with Crippen LogP contribution >= 0.6 is 0 Å². The van der Waals surface area contributed by atoms with Crippen molar-refractivity contribution in [2.45, 2.75) is 83.5 Å². The molecule has 0 spiro atoms. The number of hydrogen-bond donors (Lipinski definition) is 6. The maximum absolute atomic E-state index is 14.4. The highest BCUT2D eigenvalue weighted by Crippen LogP contribution is 2.16. The van der Waals surface area contributed by atoms with E-state index >= 15 is 0 Å². The number of benzene rings is 3. The zero-order valence-electron chi connectivity index (χ0n) is 32.5. The standard InChI is InChI=1S/C42H53FN8O6/c1-27(2)25-35(40(56)48-33(38(44)54)15-10-24-47-42(45)46)50-39(55)34(22-18-29-11-6-4-7-12-29)49-41(57)36(26-31-16-20-32(43)21-17-31)51(28(3)52)37(53)23-19-30-13-8-5-9-14-30/h4-9,11-14,16-17,19-21,23,27,33-36H,10,15,18,22,24-26H2,1-3H3,(H2,44,54)(H,48,56)(H,49,57)(H,50,55)(H4,45,46,47)/b23-19+/t33-,34+,35-,36-/m0/s1. The molecule has 0 unspecified atom stereocenters. The number of aryl methyl sites for hydroxylation is 1. The van der Waals surface area contributed by atoms with Gasteiger partial charge < -0.3 is 33.2 Å². The van der Waals surface area contributed by atoms with Crippen molar-refractivity contribution in [3.63, 3.8) is 0 Å². The molecule has 3 rings (SSSR count). The number of nitrogens with one attached hydrogen (secondary N) is 3. The topological polar surface area (TPSA) is 232 Å². The van der Waals surface area contributed by atoms with Gasteiger partial charge in [-0.25, -0.2) is 4.39 Å². The predicted octanol–water partition coefficient (Wildman–Crippen LogP) is 2.50. The van der Waals surface area contributed by atoms with E-state index in [1.807, 2.05) is 50.2 Å². The summed E-state index contributed by atoms with van der Waals surface area (Å²) in [5.41, 5.74) is 18.3. The molecular weight excluding hydrogens is 732 g/mol. The minimum Gasteiger partial charge on any atom is -0.370 e. The van der Waals surface area contributed by atoms with Gasteiger partial charge in [0, 0.05) is 26.0 Å². The van der Waals surface area contributed by atoms with Gasteiger partial charge in [0.1, 0.15) is 30.0 Å². The first-order chi connectivity index (χ1) is 27.1. The average molecular weight is 785 g/mol. The predicted molar refractivity (Wildman–Crippen MR) is 216 cm³/mol. The highest BCUT2D eigenvalue weighted by molar-refractivity contribution is 6.06. The first-order valence-corrected chi connectivity index (χ1v) is 18.8. The monoisotopic (exact) mass is 784 g/mol. The van der Waals surface area contributed by atoms with Crippen molar-refractivity contribution in [1.82, 2.24) is 20.9 Å². The van der Waals surface area contributed by atoms with Crippen LogP contribution in [0, 0.1) is 11.7 Å². The number of imide groups is 1. The normalized spacial score (nSPS) is 13.1. The van der Waals surface area contributed by atoms with Crippen LogP contribution in [0.2, 0.25) is 0 Å². The van der Waals surface area contributed by atoms with Gasteiger partial charge in [-0.1, -0.05) is 86.6 Å². The summed E-state index contributed by atoms with van der Waals surface area (Å²) < 4.78 is 13.9. The quantitative estimate of drug-likeness (QED) is 0.0406. The Morgan fingerprint density at radius 2 is 1.32 bits per heavy atom. The Bertz CT molecular complexity index is 1870. The van der Waals surface area contributed by atoms with E-state index in [0.29, 0.717) is 24.0 Å². The summed E-state index contributed by atoms with van der Waals surface area (Å²) in [6, 6.07) is 18.4. The number of guanidine groups is 1. The zero-order chi connectivity index (χ0) is 41.9. The lowest BCUT2D eigenvalue weighted by Gasteiger charge is -2.30. The molecule has 6 amide bonds. The minimum atomic E-state index is -1.46. The maximum atomic E-state index is 14.4. The van der Waals surface area contributed by atoms with E-state index in [0.717, 1.165) is 17.4 Å². The first-order valence-electron chi connectivity index (χ1n) is 18.8. The molecule has 14 nitrogen and oxygen atoms in total. The van der Waals surface area contributed by atoms with E-state index < -0.39 is 65.4 Å². The van der Waals surface area contributed by atoms with Crippen LogP contribution in [0.1, 0.15) is 63.1 Å². The van der Waals surface area contributed by atoms with Gasteiger partial charge in [0.05, 0.1) is 0 Å². The highest BCUT2D eigenvalue weighted by Gasteiger charge is 2.36. The summed E-state index contributed by atoms with van der Waals surface area (Å²) in [6.45, 7) is 5.05. The fourth-order valence-corrected chi connectivity index (χ4v) is 6.01. The van der Waals surface area contributed by atoms with Gasteiger partial charge in [-0.15, -0.1) is 0 Å². The highest BCUT2D eigenvalue weighted by atomic mass is 19.1. The van der Waals surface area contributed by atoms with Gasteiger partial charge in [0.2, 0.25) is 29.5 Å². The Kier molecular flexibility index (Phi) is 18.1. The zero-order valence-corrected chi connectivity index (χ0v) is 32.5. The third kappa shape index (κ3) is 15.7. The van der Waals surface area contributed by atoms with Crippen molar-refractivity contribution in [2.75, 3.05) is 6.54 Å². The van der Waals surface area contributed by atoms with E-state index in [-0.39, 0.29) is 44.1 Å². The van der Waals surface area contributed by atoms with Gasteiger partial charge in [0.15, 0.2) is 5.96 Å². The number of rotatable bonds is 21. The van der Waals surface area contributed by atoms with E-state index in [2.05, 4.69) is 20.9 Å². The molecule has 0 bridgehead atoms. The number of nitrogens with zero attached hydrogens (tertiary/aromatic N) is 2. The molecule has 15 heteroatoms. The fraction of sp³-hybridized carbons (Fsp3) is 0.357. The Balaban J connectivity index is 1.95. The van der Waals surface area contributed by atoms with Crippen LogP contribution < -0.4 is 33.2 Å². The molecule has 0 fully saturated rings. The molecule has 4 atom stereocenters. The number of halogens is 1. The van der Waals surface area contributed by atoms with Crippen LogP contribution in [0.25, 0.3) is 6.08 Å². The summed E-state index contributed by atoms with van der Waals surface area (Å²) in [6.07, 6.45) is 3.53. The van der Waals surface area contributed by atoms with Crippen LogP contribution in [0.5, 0.6) is 0 Å². The average Bonchev–Trinajstić information content (AvgIpc) is 3.17. The minimum absolute atomic E-state index is 0.0670. The molecule has 0 saturated carbocycles. The van der Waals surface area contributed by atoms with E-state index in [1.165, 1.54) is 36.4 Å². The summed E-state index contributed by atoms with van der Waals surface area (Å²) in [5, 5.41) is 8.13. The van der Waals surface area contributed by atoms with E-state index in [4.69, 9.17) is 17.2 Å². The van der Waals surface area contributed by atoms with E-state index in [9.17, 15) is 33.2 Å². The molecule has 57 heavy (non-hydrogen) atoms. The lowest BCUT2D eigenvalue weighted by atomic mass is 9.99. The fourth-order valence-electron chi connectivity index (χ4n) is 6.01. The number of carbonyl (C=O) groups is 6. The molecule has 0 aliphatic carbocycles. The second-order valence-electron chi connectivity index (χ2n) is 14.0. The number of carbonyl (C=O) groups excluding carboxylic acids is 6. The number of amides is 6. The number of aliphatic imine (C=N–C) groups is 1. The first kappa shape index (κ1) is 45.0. The molecule has 0 aliphatic heterocycles. The van der Waals surface area contributed by atoms with Crippen molar-refractivity contribution in [3.05, 3.63) is 114 Å². The van der Waals surface area contributed by atoms with Crippen LogP contribution in [0.3, 0.4) is 0 Å². The smallest absolute Gasteiger partial charge is 0.253 e.